The van der Waals surface area contributed by atoms with Gasteiger partial charge in [-0.1, -0.05) is 6.07 Å². The van der Waals surface area contributed by atoms with Gasteiger partial charge in [0, 0.05) is 26.3 Å². The maximum atomic E-state index is 13.8. The number of hydrogen-bond acceptors (Lipinski definition) is 3. The first-order valence-electron chi connectivity index (χ1n) is 7.99. The van der Waals surface area contributed by atoms with Crippen LogP contribution in [-0.4, -0.2) is 32.0 Å². The van der Waals surface area contributed by atoms with Crippen molar-refractivity contribution >= 4 is 11.6 Å². The summed E-state index contributed by atoms with van der Waals surface area (Å²) in [5.41, 5.74) is -0.285. The van der Waals surface area contributed by atoms with Crippen molar-refractivity contribution < 1.29 is 23.0 Å². The smallest absolute Gasteiger partial charge is 0.227 e. The summed E-state index contributed by atoms with van der Waals surface area (Å²) in [6, 6.07) is 3.59. The predicted octanol–water partition coefficient (Wildman–Crippen LogP) is 3.25. The molecule has 1 saturated carbocycles. The van der Waals surface area contributed by atoms with E-state index in [1.54, 1.807) is 0 Å². The Hall–Kier alpha value is -1.53. The highest BCUT2D eigenvalue weighted by atomic mass is 19.1. The molecule has 1 saturated heterocycles. The standard InChI is InChI=1S/C17H21F2NO3/c1-20(16-13(18)3-2-4-14(16)19)15(21)11-12-5-7-17(8-6-12)22-9-10-23-17/h2-4,12H,5-11H2,1H3. The van der Waals surface area contributed by atoms with E-state index in [0.29, 0.717) is 13.2 Å². The van der Waals surface area contributed by atoms with E-state index in [4.69, 9.17) is 9.47 Å². The number of carbonyl (C=O) groups excluding carboxylic acids is 1. The Balaban J connectivity index is 1.59. The fourth-order valence-corrected chi connectivity index (χ4v) is 3.43. The van der Waals surface area contributed by atoms with Gasteiger partial charge >= 0.3 is 0 Å². The molecule has 0 bridgehead atoms. The van der Waals surface area contributed by atoms with Crippen LogP contribution < -0.4 is 4.90 Å². The molecule has 4 nitrogen and oxygen atoms in total. The van der Waals surface area contributed by atoms with E-state index in [1.807, 2.05) is 0 Å². The zero-order valence-electron chi connectivity index (χ0n) is 13.2. The third-order valence-electron chi connectivity index (χ3n) is 4.79. The van der Waals surface area contributed by atoms with Gasteiger partial charge in [-0.25, -0.2) is 8.78 Å². The summed E-state index contributed by atoms with van der Waals surface area (Å²) in [6.07, 6.45) is 3.45. The number of carbonyl (C=O) groups is 1. The largest absolute Gasteiger partial charge is 0.348 e. The molecule has 6 heteroatoms. The van der Waals surface area contributed by atoms with Crippen molar-refractivity contribution in [2.24, 2.45) is 5.92 Å². The fourth-order valence-electron chi connectivity index (χ4n) is 3.43. The van der Waals surface area contributed by atoms with Crippen LogP contribution in [0.15, 0.2) is 18.2 Å². The van der Waals surface area contributed by atoms with E-state index in [0.717, 1.165) is 42.7 Å². The highest BCUT2D eigenvalue weighted by Crippen LogP contribution is 2.39. The highest BCUT2D eigenvalue weighted by molar-refractivity contribution is 5.93. The number of nitrogens with zero attached hydrogens (tertiary/aromatic N) is 1. The molecule has 1 spiro atoms. The molecule has 126 valence electrons. The maximum Gasteiger partial charge on any atom is 0.227 e. The predicted molar refractivity (Wildman–Crippen MR) is 81.0 cm³/mol. The second kappa shape index (κ2) is 6.53. The minimum absolute atomic E-state index is 0.193. The van der Waals surface area contributed by atoms with E-state index in [-0.39, 0.29) is 23.9 Å². The van der Waals surface area contributed by atoms with Crippen LogP contribution in [0.4, 0.5) is 14.5 Å². The van der Waals surface area contributed by atoms with E-state index < -0.39 is 17.4 Å². The molecule has 2 fully saturated rings. The van der Waals surface area contributed by atoms with Gasteiger partial charge in [-0.3, -0.25) is 4.79 Å². The molecular weight excluding hydrogens is 304 g/mol. The van der Waals surface area contributed by atoms with Crippen molar-refractivity contribution in [2.45, 2.75) is 37.9 Å². The van der Waals surface area contributed by atoms with Crippen molar-refractivity contribution in [2.75, 3.05) is 25.2 Å². The summed E-state index contributed by atoms with van der Waals surface area (Å²) in [5, 5.41) is 0. The van der Waals surface area contributed by atoms with E-state index >= 15 is 0 Å². The summed E-state index contributed by atoms with van der Waals surface area (Å²) < 4.78 is 38.9. The van der Waals surface area contributed by atoms with Crippen LogP contribution in [0, 0.1) is 17.6 Å². The van der Waals surface area contributed by atoms with Gasteiger partial charge in [-0.05, 0) is 30.9 Å². The van der Waals surface area contributed by atoms with Crippen LogP contribution in [0.5, 0.6) is 0 Å². The second-order valence-electron chi connectivity index (χ2n) is 6.28. The minimum Gasteiger partial charge on any atom is -0.348 e. The molecule has 1 aromatic carbocycles. The summed E-state index contributed by atoms with van der Waals surface area (Å²) >= 11 is 0. The topological polar surface area (TPSA) is 38.8 Å². The van der Waals surface area contributed by atoms with Gasteiger partial charge in [-0.2, -0.15) is 0 Å². The number of para-hydroxylation sites is 1. The Labute approximate surface area is 134 Å². The van der Waals surface area contributed by atoms with Crippen LogP contribution in [0.2, 0.25) is 0 Å². The number of rotatable bonds is 3. The van der Waals surface area contributed by atoms with Crippen LogP contribution in [0.3, 0.4) is 0 Å². The third-order valence-corrected chi connectivity index (χ3v) is 4.79. The van der Waals surface area contributed by atoms with Crippen molar-refractivity contribution in [1.82, 2.24) is 0 Å². The number of halogens is 2. The molecule has 1 amide bonds. The zero-order chi connectivity index (χ0) is 16.4. The van der Waals surface area contributed by atoms with Crippen molar-refractivity contribution in [3.63, 3.8) is 0 Å². The first-order chi connectivity index (χ1) is 11.0. The molecule has 2 aliphatic rings. The monoisotopic (exact) mass is 325 g/mol. The Morgan fingerprint density at radius 2 is 1.78 bits per heavy atom. The first-order valence-corrected chi connectivity index (χ1v) is 7.99. The summed E-state index contributed by atoms with van der Waals surface area (Å²) in [5.74, 6) is -1.99. The summed E-state index contributed by atoms with van der Waals surface area (Å²) in [7, 11) is 1.41. The lowest BCUT2D eigenvalue weighted by atomic mass is 9.83. The number of anilines is 1. The number of hydrogen-bond donors (Lipinski definition) is 0. The Bertz CT molecular complexity index is 557. The van der Waals surface area contributed by atoms with Gasteiger partial charge in [0.1, 0.15) is 17.3 Å². The average molecular weight is 325 g/mol. The van der Waals surface area contributed by atoms with E-state index in [2.05, 4.69) is 0 Å². The molecule has 0 radical (unpaired) electrons. The lowest BCUT2D eigenvalue weighted by Crippen LogP contribution is -2.37. The lowest BCUT2D eigenvalue weighted by Gasteiger charge is -2.35. The minimum atomic E-state index is -0.726. The Morgan fingerprint density at radius 3 is 2.35 bits per heavy atom. The SMILES string of the molecule is CN(C(=O)CC1CCC2(CC1)OCCO2)c1c(F)cccc1F. The molecule has 3 rings (SSSR count). The van der Waals surface area contributed by atoms with E-state index in [1.165, 1.54) is 13.1 Å². The second-order valence-corrected chi connectivity index (χ2v) is 6.28. The van der Waals surface area contributed by atoms with Gasteiger partial charge in [0.05, 0.1) is 13.2 Å². The lowest BCUT2D eigenvalue weighted by molar-refractivity contribution is -0.183. The molecule has 0 N–H and O–H groups in total. The van der Waals surface area contributed by atoms with Crippen molar-refractivity contribution in [3.8, 4) is 0 Å². The third kappa shape index (κ3) is 3.38. The van der Waals surface area contributed by atoms with Gasteiger partial charge in [-0.15, -0.1) is 0 Å². The number of ether oxygens (including phenoxy) is 2. The molecule has 1 aliphatic heterocycles. The molecule has 23 heavy (non-hydrogen) atoms. The first kappa shape index (κ1) is 16.3. The van der Waals surface area contributed by atoms with Crippen LogP contribution in [-0.2, 0) is 14.3 Å². The molecule has 1 aromatic rings. The normalized spacial score (nSPS) is 20.8. The molecule has 0 aromatic heterocycles. The van der Waals surface area contributed by atoms with Gasteiger partial charge in [0.15, 0.2) is 5.79 Å². The van der Waals surface area contributed by atoms with Gasteiger partial charge in [0.2, 0.25) is 5.91 Å². The quantitative estimate of drug-likeness (QED) is 0.856. The van der Waals surface area contributed by atoms with Gasteiger partial charge < -0.3 is 14.4 Å². The van der Waals surface area contributed by atoms with Crippen LogP contribution >= 0.6 is 0 Å². The molecule has 1 heterocycles. The summed E-state index contributed by atoms with van der Waals surface area (Å²) in [6.45, 7) is 1.25. The van der Waals surface area contributed by atoms with Crippen molar-refractivity contribution in [1.29, 1.82) is 0 Å². The van der Waals surface area contributed by atoms with Gasteiger partial charge in [0.25, 0.3) is 0 Å². The number of amides is 1. The molecule has 1 aliphatic carbocycles. The maximum absolute atomic E-state index is 13.8. The molecule has 0 unspecified atom stereocenters. The molecule has 0 atom stereocenters. The average Bonchev–Trinajstić information content (AvgIpc) is 2.98. The van der Waals surface area contributed by atoms with Crippen LogP contribution in [0.25, 0.3) is 0 Å². The Morgan fingerprint density at radius 1 is 1.22 bits per heavy atom. The fraction of sp³-hybridized carbons (Fsp3) is 0.588. The molecular formula is C17H21F2NO3. The Kier molecular flexibility index (Phi) is 4.64. The number of benzene rings is 1. The summed E-state index contributed by atoms with van der Waals surface area (Å²) in [4.78, 5) is 13.4. The zero-order valence-corrected chi connectivity index (χ0v) is 13.2. The van der Waals surface area contributed by atoms with Crippen molar-refractivity contribution in [3.05, 3.63) is 29.8 Å². The van der Waals surface area contributed by atoms with Crippen LogP contribution in [0.1, 0.15) is 32.1 Å². The van der Waals surface area contributed by atoms with E-state index in [9.17, 15) is 13.6 Å². The highest BCUT2D eigenvalue weighted by Gasteiger charge is 2.40.